The number of benzene rings is 2. The van der Waals surface area contributed by atoms with Crippen LogP contribution in [-0.4, -0.2) is 24.0 Å². The predicted molar refractivity (Wildman–Crippen MR) is 124 cm³/mol. The van der Waals surface area contributed by atoms with Gasteiger partial charge in [-0.1, -0.05) is 35.8 Å². The minimum atomic E-state index is -0.381. The van der Waals surface area contributed by atoms with Gasteiger partial charge in [0.2, 0.25) is 11.8 Å². The van der Waals surface area contributed by atoms with Crippen molar-refractivity contribution in [1.29, 1.82) is 0 Å². The third-order valence-electron chi connectivity index (χ3n) is 3.76. The summed E-state index contributed by atoms with van der Waals surface area (Å²) in [5, 5.41) is 8.47. The third-order valence-corrected chi connectivity index (χ3v) is 4.45. The minimum Gasteiger partial charge on any atom is -0.496 e. The Kier molecular flexibility index (Phi) is 8.35. The van der Waals surface area contributed by atoms with Crippen LogP contribution in [0.4, 0.5) is 11.4 Å². The number of halogens is 1. The molecule has 152 valence electrons. The van der Waals surface area contributed by atoms with Crippen LogP contribution in [0.2, 0.25) is 0 Å². The first-order chi connectivity index (χ1) is 13.8. The van der Waals surface area contributed by atoms with Gasteiger partial charge in [-0.05, 0) is 54.7 Å². The number of carbonyl (C=O) groups is 2. The van der Waals surface area contributed by atoms with Crippen LogP contribution in [0.1, 0.15) is 19.4 Å². The van der Waals surface area contributed by atoms with Crippen LogP contribution < -0.4 is 20.7 Å². The molecule has 2 aromatic rings. The van der Waals surface area contributed by atoms with Crippen molar-refractivity contribution in [3.05, 3.63) is 58.6 Å². The number of anilines is 2. The van der Waals surface area contributed by atoms with E-state index < -0.39 is 0 Å². The van der Waals surface area contributed by atoms with Crippen LogP contribution in [0.25, 0.3) is 6.08 Å². The summed E-state index contributed by atoms with van der Waals surface area (Å²) in [5.41, 5.74) is 2.04. The SMILES string of the molecule is COc1ccc(Br)cc1C=CC(=O)NC(=S)Nc1cccc(NC(=O)C(C)C)c1. The van der Waals surface area contributed by atoms with Crippen LogP contribution in [0, 0.1) is 5.92 Å². The average molecular weight is 476 g/mol. The molecule has 0 bridgehead atoms. The summed E-state index contributed by atoms with van der Waals surface area (Å²) in [5.74, 6) is 0.0702. The highest BCUT2D eigenvalue weighted by Crippen LogP contribution is 2.24. The number of thiocarbonyl (C=S) groups is 1. The van der Waals surface area contributed by atoms with Gasteiger partial charge in [0, 0.05) is 33.4 Å². The molecule has 6 nitrogen and oxygen atoms in total. The molecule has 0 aliphatic carbocycles. The van der Waals surface area contributed by atoms with Crippen molar-refractivity contribution in [2.75, 3.05) is 17.7 Å². The first-order valence-corrected chi connectivity index (χ1v) is 10.0. The quantitative estimate of drug-likeness (QED) is 0.420. The van der Waals surface area contributed by atoms with Gasteiger partial charge in [0.25, 0.3) is 0 Å². The lowest BCUT2D eigenvalue weighted by Crippen LogP contribution is -2.32. The molecule has 0 aliphatic heterocycles. The molecular formula is C21H22BrN3O3S. The molecule has 8 heteroatoms. The first kappa shape index (κ1) is 22.6. The zero-order valence-electron chi connectivity index (χ0n) is 16.3. The van der Waals surface area contributed by atoms with Crippen LogP contribution in [0.15, 0.2) is 53.0 Å². The van der Waals surface area contributed by atoms with Gasteiger partial charge in [-0.2, -0.15) is 0 Å². The Morgan fingerprint density at radius 2 is 1.79 bits per heavy atom. The lowest BCUT2D eigenvalue weighted by molar-refractivity contribution is -0.119. The van der Waals surface area contributed by atoms with Crippen molar-refractivity contribution in [2.45, 2.75) is 13.8 Å². The Labute approximate surface area is 183 Å². The maximum absolute atomic E-state index is 12.2. The lowest BCUT2D eigenvalue weighted by atomic mass is 10.2. The molecule has 0 spiro atoms. The number of ether oxygens (including phenoxy) is 1. The molecule has 3 N–H and O–H groups in total. The predicted octanol–water partition coefficient (Wildman–Crippen LogP) is 4.58. The van der Waals surface area contributed by atoms with E-state index in [1.807, 2.05) is 26.0 Å². The molecule has 0 fully saturated rings. The van der Waals surface area contributed by atoms with Crippen molar-refractivity contribution >= 4 is 62.5 Å². The lowest BCUT2D eigenvalue weighted by Gasteiger charge is -2.11. The summed E-state index contributed by atoms with van der Waals surface area (Å²) in [7, 11) is 1.57. The maximum Gasteiger partial charge on any atom is 0.250 e. The van der Waals surface area contributed by atoms with E-state index in [1.165, 1.54) is 6.08 Å². The average Bonchev–Trinajstić information content (AvgIpc) is 2.66. The van der Waals surface area contributed by atoms with Crippen LogP contribution in [-0.2, 0) is 9.59 Å². The van der Waals surface area contributed by atoms with Crippen molar-refractivity contribution in [2.24, 2.45) is 5.92 Å². The number of hydrogen-bond acceptors (Lipinski definition) is 4. The van der Waals surface area contributed by atoms with E-state index in [-0.39, 0.29) is 22.8 Å². The van der Waals surface area contributed by atoms with E-state index in [2.05, 4.69) is 31.9 Å². The Morgan fingerprint density at radius 1 is 1.10 bits per heavy atom. The van der Waals surface area contributed by atoms with E-state index in [0.717, 1.165) is 10.0 Å². The van der Waals surface area contributed by atoms with E-state index in [0.29, 0.717) is 17.1 Å². The Balaban J connectivity index is 1.96. The molecule has 0 heterocycles. The molecule has 0 atom stereocenters. The highest BCUT2D eigenvalue weighted by Gasteiger charge is 2.08. The highest BCUT2D eigenvalue weighted by molar-refractivity contribution is 9.10. The van der Waals surface area contributed by atoms with Gasteiger partial charge < -0.3 is 15.4 Å². The van der Waals surface area contributed by atoms with Gasteiger partial charge >= 0.3 is 0 Å². The van der Waals surface area contributed by atoms with E-state index in [9.17, 15) is 9.59 Å². The fraction of sp³-hybridized carbons (Fsp3) is 0.190. The Bertz CT molecular complexity index is 945. The smallest absolute Gasteiger partial charge is 0.250 e. The molecule has 2 amide bonds. The number of amides is 2. The van der Waals surface area contributed by atoms with Crippen molar-refractivity contribution in [3.8, 4) is 5.75 Å². The Hall–Kier alpha value is -2.71. The highest BCUT2D eigenvalue weighted by atomic mass is 79.9. The second-order valence-electron chi connectivity index (χ2n) is 6.39. The normalized spacial score (nSPS) is 10.7. The summed E-state index contributed by atoms with van der Waals surface area (Å²) in [4.78, 5) is 24.0. The molecule has 0 saturated carbocycles. The van der Waals surface area contributed by atoms with Gasteiger partial charge in [0.15, 0.2) is 5.11 Å². The monoisotopic (exact) mass is 475 g/mol. The number of methoxy groups -OCH3 is 1. The fourth-order valence-corrected chi connectivity index (χ4v) is 2.88. The van der Waals surface area contributed by atoms with Gasteiger partial charge in [0.05, 0.1) is 7.11 Å². The zero-order chi connectivity index (χ0) is 21.4. The second-order valence-corrected chi connectivity index (χ2v) is 7.71. The summed E-state index contributed by atoms with van der Waals surface area (Å²) >= 11 is 8.58. The van der Waals surface area contributed by atoms with Gasteiger partial charge in [-0.15, -0.1) is 0 Å². The summed E-state index contributed by atoms with van der Waals surface area (Å²) in [6, 6.07) is 12.6. The number of carbonyl (C=O) groups excluding carboxylic acids is 2. The van der Waals surface area contributed by atoms with Crippen molar-refractivity contribution < 1.29 is 14.3 Å². The van der Waals surface area contributed by atoms with Crippen molar-refractivity contribution in [3.63, 3.8) is 0 Å². The molecule has 0 aromatic heterocycles. The molecule has 2 rings (SSSR count). The van der Waals surface area contributed by atoms with Gasteiger partial charge in [-0.3, -0.25) is 14.9 Å². The Morgan fingerprint density at radius 3 is 2.45 bits per heavy atom. The minimum absolute atomic E-state index is 0.0776. The standard InChI is InChI=1S/C21H22BrN3O3S/c1-13(2)20(27)23-16-5-4-6-17(12-16)24-21(29)25-19(26)10-7-14-11-15(22)8-9-18(14)28-3/h4-13H,1-3H3,(H,23,27)(H2,24,25,26,29). The number of hydrogen-bond donors (Lipinski definition) is 3. The number of rotatable bonds is 6. The molecule has 0 radical (unpaired) electrons. The summed E-state index contributed by atoms with van der Waals surface area (Å²) in [6.07, 6.45) is 3.02. The second kappa shape index (κ2) is 10.7. The molecule has 29 heavy (non-hydrogen) atoms. The van der Waals surface area contributed by atoms with Gasteiger partial charge in [-0.25, -0.2) is 0 Å². The first-order valence-electron chi connectivity index (χ1n) is 8.83. The largest absolute Gasteiger partial charge is 0.496 e. The molecule has 0 saturated heterocycles. The summed E-state index contributed by atoms with van der Waals surface area (Å²) in [6.45, 7) is 3.64. The topological polar surface area (TPSA) is 79.5 Å². The van der Waals surface area contributed by atoms with E-state index in [4.69, 9.17) is 17.0 Å². The maximum atomic E-state index is 12.2. The van der Waals surface area contributed by atoms with E-state index in [1.54, 1.807) is 43.5 Å². The molecule has 0 aliphatic rings. The van der Waals surface area contributed by atoms with Crippen LogP contribution in [0.3, 0.4) is 0 Å². The van der Waals surface area contributed by atoms with Crippen LogP contribution >= 0.6 is 28.1 Å². The fourth-order valence-electron chi connectivity index (χ4n) is 2.28. The zero-order valence-corrected chi connectivity index (χ0v) is 18.7. The van der Waals surface area contributed by atoms with Crippen LogP contribution in [0.5, 0.6) is 5.75 Å². The molecular weight excluding hydrogens is 454 g/mol. The molecule has 2 aromatic carbocycles. The molecule has 0 unspecified atom stereocenters. The summed E-state index contributed by atoms with van der Waals surface area (Å²) < 4.78 is 6.15. The third kappa shape index (κ3) is 7.32. The number of nitrogens with one attached hydrogen (secondary N) is 3. The van der Waals surface area contributed by atoms with Gasteiger partial charge in [0.1, 0.15) is 5.75 Å². The van der Waals surface area contributed by atoms with E-state index >= 15 is 0 Å². The van der Waals surface area contributed by atoms with Crippen molar-refractivity contribution in [1.82, 2.24) is 5.32 Å².